The van der Waals surface area contributed by atoms with Gasteiger partial charge in [0.1, 0.15) is 5.82 Å². The van der Waals surface area contributed by atoms with E-state index in [-0.39, 0.29) is 0 Å². The SMILES string of the molecule is c1ccc(N2CCC(NCC3CCCNC3)CC2)nc1. The molecule has 0 aromatic carbocycles. The largest absolute Gasteiger partial charge is 0.357 e. The fourth-order valence-corrected chi connectivity index (χ4v) is 3.29. The van der Waals surface area contributed by atoms with Gasteiger partial charge in [0.15, 0.2) is 0 Å². The first kappa shape index (κ1) is 13.8. The predicted molar refractivity (Wildman–Crippen MR) is 83.1 cm³/mol. The molecule has 2 fully saturated rings. The number of nitrogens with zero attached hydrogens (tertiary/aromatic N) is 2. The fourth-order valence-electron chi connectivity index (χ4n) is 3.29. The number of rotatable bonds is 4. The Morgan fingerprint density at radius 1 is 1.25 bits per heavy atom. The second-order valence-corrected chi connectivity index (χ2v) is 6.07. The Bertz CT molecular complexity index is 381. The molecule has 2 N–H and O–H groups in total. The van der Waals surface area contributed by atoms with Gasteiger partial charge < -0.3 is 15.5 Å². The van der Waals surface area contributed by atoms with Gasteiger partial charge in [-0.3, -0.25) is 0 Å². The van der Waals surface area contributed by atoms with E-state index < -0.39 is 0 Å². The molecule has 3 heterocycles. The number of anilines is 1. The third-order valence-electron chi connectivity index (χ3n) is 4.56. The lowest BCUT2D eigenvalue weighted by atomic mass is 9.98. The van der Waals surface area contributed by atoms with Crippen molar-refractivity contribution in [1.82, 2.24) is 15.6 Å². The van der Waals surface area contributed by atoms with Crippen molar-refractivity contribution in [3.05, 3.63) is 24.4 Å². The van der Waals surface area contributed by atoms with Crippen molar-refractivity contribution in [2.45, 2.75) is 31.7 Å². The highest BCUT2D eigenvalue weighted by molar-refractivity contribution is 5.38. The lowest BCUT2D eigenvalue weighted by Crippen LogP contribution is -2.45. The van der Waals surface area contributed by atoms with Gasteiger partial charge in [0.05, 0.1) is 0 Å². The molecular formula is C16H26N4. The van der Waals surface area contributed by atoms with Crippen LogP contribution in [-0.2, 0) is 0 Å². The molecule has 1 atom stereocenters. The van der Waals surface area contributed by atoms with Crippen LogP contribution in [0.5, 0.6) is 0 Å². The number of hydrogen-bond donors (Lipinski definition) is 2. The van der Waals surface area contributed by atoms with Crippen LogP contribution in [-0.4, -0.2) is 43.7 Å². The van der Waals surface area contributed by atoms with Gasteiger partial charge in [0.2, 0.25) is 0 Å². The van der Waals surface area contributed by atoms with Crippen LogP contribution in [0.2, 0.25) is 0 Å². The van der Waals surface area contributed by atoms with Gasteiger partial charge in [-0.15, -0.1) is 0 Å². The molecule has 4 nitrogen and oxygen atoms in total. The third kappa shape index (κ3) is 3.70. The van der Waals surface area contributed by atoms with Crippen molar-refractivity contribution in [1.29, 1.82) is 0 Å². The van der Waals surface area contributed by atoms with Gasteiger partial charge in [-0.05, 0) is 63.4 Å². The zero-order valence-corrected chi connectivity index (χ0v) is 12.2. The maximum atomic E-state index is 4.44. The van der Waals surface area contributed by atoms with E-state index in [0.717, 1.165) is 24.8 Å². The van der Waals surface area contributed by atoms with E-state index in [1.165, 1.54) is 45.3 Å². The van der Waals surface area contributed by atoms with E-state index in [1.54, 1.807) is 0 Å². The number of piperidine rings is 2. The molecule has 0 radical (unpaired) electrons. The summed E-state index contributed by atoms with van der Waals surface area (Å²) in [4.78, 5) is 6.85. The lowest BCUT2D eigenvalue weighted by molar-refractivity contribution is 0.324. The van der Waals surface area contributed by atoms with Crippen LogP contribution in [0, 0.1) is 5.92 Å². The molecule has 110 valence electrons. The normalized spacial score (nSPS) is 24.8. The zero-order valence-electron chi connectivity index (χ0n) is 12.2. The van der Waals surface area contributed by atoms with Crippen molar-refractivity contribution in [2.75, 3.05) is 37.6 Å². The van der Waals surface area contributed by atoms with Gasteiger partial charge in [0, 0.05) is 25.3 Å². The predicted octanol–water partition coefficient (Wildman–Crippen LogP) is 1.64. The average Bonchev–Trinajstić information content (AvgIpc) is 2.55. The summed E-state index contributed by atoms with van der Waals surface area (Å²) in [6.07, 6.45) is 7.07. The lowest BCUT2D eigenvalue weighted by Gasteiger charge is -2.34. The smallest absolute Gasteiger partial charge is 0.128 e. The minimum atomic E-state index is 0.692. The van der Waals surface area contributed by atoms with Crippen LogP contribution in [0.15, 0.2) is 24.4 Å². The molecule has 1 aromatic heterocycles. The summed E-state index contributed by atoms with van der Waals surface area (Å²) in [5.41, 5.74) is 0. The molecule has 0 amide bonds. The first-order valence-electron chi connectivity index (χ1n) is 8.02. The van der Waals surface area contributed by atoms with Crippen LogP contribution in [0.25, 0.3) is 0 Å². The van der Waals surface area contributed by atoms with E-state index in [2.05, 4.69) is 32.7 Å². The van der Waals surface area contributed by atoms with Crippen molar-refractivity contribution < 1.29 is 0 Å². The molecule has 4 heteroatoms. The summed E-state index contributed by atoms with van der Waals surface area (Å²) in [6.45, 7) is 5.83. The first-order chi connectivity index (χ1) is 9.92. The van der Waals surface area contributed by atoms with Gasteiger partial charge in [-0.2, -0.15) is 0 Å². The summed E-state index contributed by atoms with van der Waals surface area (Å²) in [5.74, 6) is 1.96. The summed E-state index contributed by atoms with van der Waals surface area (Å²) in [7, 11) is 0. The van der Waals surface area contributed by atoms with Crippen LogP contribution in [0.1, 0.15) is 25.7 Å². The van der Waals surface area contributed by atoms with E-state index in [9.17, 15) is 0 Å². The standard InChI is InChI=1S/C16H26N4/c1-2-9-18-16(5-1)20-10-6-15(7-11-20)19-13-14-4-3-8-17-12-14/h1-2,5,9,14-15,17,19H,3-4,6-8,10-13H2. The van der Waals surface area contributed by atoms with E-state index in [0.29, 0.717) is 6.04 Å². The summed E-state index contributed by atoms with van der Waals surface area (Å²) < 4.78 is 0. The first-order valence-corrected chi connectivity index (χ1v) is 8.02. The molecule has 20 heavy (non-hydrogen) atoms. The highest BCUT2D eigenvalue weighted by Gasteiger charge is 2.21. The Morgan fingerprint density at radius 3 is 2.85 bits per heavy atom. The molecule has 1 unspecified atom stereocenters. The second-order valence-electron chi connectivity index (χ2n) is 6.07. The van der Waals surface area contributed by atoms with Crippen LogP contribution >= 0.6 is 0 Å². The maximum Gasteiger partial charge on any atom is 0.128 e. The summed E-state index contributed by atoms with van der Waals surface area (Å²) >= 11 is 0. The molecule has 2 aliphatic rings. The van der Waals surface area contributed by atoms with E-state index >= 15 is 0 Å². The topological polar surface area (TPSA) is 40.2 Å². The molecule has 0 saturated carbocycles. The van der Waals surface area contributed by atoms with Crippen molar-refractivity contribution >= 4 is 5.82 Å². The molecule has 2 aliphatic heterocycles. The van der Waals surface area contributed by atoms with E-state index in [4.69, 9.17) is 0 Å². The Balaban J connectivity index is 1.40. The Labute approximate surface area is 122 Å². The average molecular weight is 274 g/mol. The van der Waals surface area contributed by atoms with Gasteiger partial charge >= 0.3 is 0 Å². The van der Waals surface area contributed by atoms with Crippen molar-refractivity contribution in [3.8, 4) is 0 Å². The second kappa shape index (κ2) is 7.04. The molecule has 0 aliphatic carbocycles. The van der Waals surface area contributed by atoms with Crippen LogP contribution < -0.4 is 15.5 Å². The highest BCUT2D eigenvalue weighted by Crippen LogP contribution is 2.18. The molecular weight excluding hydrogens is 248 g/mol. The van der Waals surface area contributed by atoms with Crippen LogP contribution in [0.4, 0.5) is 5.82 Å². The minimum absolute atomic E-state index is 0.692. The zero-order chi connectivity index (χ0) is 13.6. The quantitative estimate of drug-likeness (QED) is 0.876. The van der Waals surface area contributed by atoms with Gasteiger partial charge in [-0.25, -0.2) is 4.98 Å². The highest BCUT2D eigenvalue weighted by atomic mass is 15.2. The molecule has 0 spiro atoms. The Kier molecular flexibility index (Phi) is 4.87. The molecule has 1 aromatic rings. The monoisotopic (exact) mass is 274 g/mol. The maximum absolute atomic E-state index is 4.44. The molecule has 2 saturated heterocycles. The fraction of sp³-hybridized carbons (Fsp3) is 0.688. The summed E-state index contributed by atoms with van der Waals surface area (Å²) in [5, 5.41) is 7.27. The number of hydrogen-bond acceptors (Lipinski definition) is 4. The van der Waals surface area contributed by atoms with Crippen molar-refractivity contribution in [2.24, 2.45) is 5.92 Å². The Hall–Kier alpha value is -1.13. The minimum Gasteiger partial charge on any atom is -0.357 e. The van der Waals surface area contributed by atoms with Crippen molar-refractivity contribution in [3.63, 3.8) is 0 Å². The van der Waals surface area contributed by atoms with Gasteiger partial charge in [0.25, 0.3) is 0 Å². The summed E-state index contributed by atoms with van der Waals surface area (Å²) in [6, 6.07) is 6.86. The molecule has 0 bridgehead atoms. The van der Waals surface area contributed by atoms with Gasteiger partial charge in [-0.1, -0.05) is 6.07 Å². The Morgan fingerprint density at radius 2 is 2.15 bits per heavy atom. The third-order valence-corrected chi connectivity index (χ3v) is 4.56. The van der Waals surface area contributed by atoms with E-state index in [1.807, 2.05) is 12.3 Å². The number of nitrogens with one attached hydrogen (secondary N) is 2. The number of pyridine rings is 1. The van der Waals surface area contributed by atoms with Crippen LogP contribution in [0.3, 0.4) is 0 Å². The molecule has 3 rings (SSSR count). The number of aromatic nitrogens is 1.